The van der Waals surface area contributed by atoms with Gasteiger partial charge in [0.1, 0.15) is 12.6 Å². The molecule has 3 N–H and O–H groups in total. The molecule has 1 amide bonds. The van der Waals surface area contributed by atoms with Crippen molar-refractivity contribution in [1.29, 1.82) is 0 Å². The fourth-order valence-corrected chi connectivity index (χ4v) is 2.78. The van der Waals surface area contributed by atoms with Crippen LogP contribution in [0.3, 0.4) is 0 Å². The molecule has 1 fully saturated rings. The maximum Gasteiger partial charge on any atom is 0.325 e. The smallest absolute Gasteiger partial charge is 0.325 e. The van der Waals surface area contributed by atoms with Crippen molar-refractivity contribution in [2.75, 3.05) is 12.3 Å². The molecule has 0 atom stereocenters. The van der Waals surface area contributed by atoms with E-state index in [-0.39, 0.29) is 18.6 Å². The topological polar surface area (TPSA) is 81.4 Å². The Balaban J connectivity index is 1.81. The Kier molecular flexibility index (Phi) is 5.61. The molecule has 0 saturated heterocycles. The Morgan fingerprint density at radius 3 is 2.67 bits per heavy atom. The third kappa shape index (κ3) is 4.74. The van der Waals surface area contributed by atoms with Gasteiger partial charge in [0.2, 0.25) is 0 Å². The molecule has 0 bridgehead atoms. The van der Waals surface area contributed by atoms with E-state index in [0.717, 1.165) is 30.2 Å². The number of esters is 1. The summed E-state index contributed by atoms with van der Waals surface area (Å²) in [5, 5.41) is 2.54. The highest BCUT2D eigenvalue weighted by Gasteiger charge is 2.18. The number of rotatable bonds is 4. The highest BCUT2D eigenvalue weighted by Crippen LogP contribution is 2.20. The lowest BCUT2D eigenvalue weighted by molar-refractivity contribution is -0.149. The van der Waals surface area contributed by atoms with Crippen molar-refractivity contribution in [3.8, 4) is 0 Å². The first-order valence-electron chi connectivity index (χ1n) is 7.09. The van der Waals surface area contributed by atoms with Crippen LogP contribution in [-0.4, -0.2) is 24.5 Å². The zero-order chi connectivity index (χ0) is 15.2. The molecule has 6 heteroatoms. The van der Waals surface area contributed by atoms with Crippen LogP contribution in [0.2, 0.25) is 0 Å². The van der Waals surface area contributed by atoms with Crippen molar-refractivity contribution in [3.63, 3.8) is 0 Å². The number of hydrogen-bond acceptors (Lipinski definition) is 4. The monoisotopic (exact) mass is 354 g/mol. The maximum absolute atomic E-state index is 12.0. The maximum atomic E-state index is 12.0. The number of nitrogen functional groups attached to an aromatic ring is 1. The number of nitrogens with one attached hydrogen (secondary N) is 1. The zero-order valence-electron chi connectivity index (χ0n) is 11.7. The van der Waals surface area contributed by atoms with Gasteiger partial charge in [-0.2, -0.15) is 0 Å². The summed E-state index contributed by atoms with van der Waals surface area (Å²) in [6, 6.07) is 4.99. The van der Waals surface area contributed by atoms with Gasteiger partial charge in [-0.3, -0.25) is 9.59 Å². The van der Waals surface area contributed by atoms with Crippen LogP contribution in [0.5, 0.6) is 0 Å². The molecule has 21 heavy (non-hydrogen) atoms. The first-order valence-corrected chi connectivity index (χ1v) is 7.88. The molecule has 0 aliphatic heterocycles. The first-order chi connectivity index (χ1) is 10.1. The largest absolute Gasteiger partial charge is 0.461 e. The summed E-state index contributed by atoms with van der Waals surface area (Å²) in [6.07, 6.45) is 5.23. The van der Waals surface area contributed by atoms with E-state index in [9.17, 15) is 9.59 Å². The van der Waals surface area contributed by atoms with E-state index >= 15 is 0 Å². The quantitative estimate of drug-likeness (QED) is 0.643. The van der Waals surface area contributed by atoms with Gasteiger partial charge in [-0.25, -0.2) is 0 Å². The average Bonchev–Trinajstić information content (AvgIpc) is 2.46. The zero-order valence-corrected chi connectivity index (χ0v) is 13.3. The number of halogens is 1. The molecule has 1 aliphatic carbocycles. The SMILES string of the molecule is Nc1cc(Br)ccc1C(=O)NCC(=O)OC1CCCCC1. The van der Waals surface area contributed by atoms with Crippen molar-refractivity contribution in [2.24, 2.45) is 0 Å². The normalized spacial score (nSPS) is 15.5. The predicted octanol–water partition coefficient (Wildman–Crippen LogP) is 2.64. The molecule has 114 valence electrons. The van der Waals surface area contributed by atoms with Crippen molar-refractivity contribution in [2.45, 2.75) is 38.2 Å². The van der Waals surface area contributed by atoms with Crippen molar-refractivity contribution >= 4 is 33.5 Å². The minimum atomic E-state index is -0.397. The number of ether oxygens (including phenoxy) is 1. The third-order valence-corrected chi connectivity index (χ3v) is 4.00. The number of carbonyl (C=O) groups is 2. The van der Waals surface area contributed by atoms with E-state index in [2.05, 4.69) is 21.2 Å². The lowest BCUT2D eigenvalue weighted by Gasteiger charge is -2.21. The molecule has 1 aliphatic rings. The minimum Gasteiger partial charge on any atom is -0.461 e. The van der Waals surface area contributed by atoms with Gasteiger partial charge < -0.3 is 15.8 Å². The average molecular weight is 355 g/mol. The molecular formula is C15H19BrN2O3. The van der Waals surface area contributed by atoms with E-state index in [4.69, 9.17) is 10.5 Å². The number of amides is 1. The van der Waals surface area contributed by atoms with E-state index in [1.54, 1.807) is 18.2 Å². The van der Waals surface area contributed by atoms with Gasteiger partial charge >= 0.3 is 5.97 Å². The fraction of sp³-hybridized carbons (Fsp3) is 0.467. The third-order valence-electron chi connectivity index (χ3n) is 3.50. The van der Waals surface area contributed by atoms with Crippen molar-refractivity contribution in [3.05, 3.63) is 28.2 Å². The number of hydrogen-bond donors (Lipinski definition) is 2. The van der Waals surface area contributed by atoms with Crippen LogP contribution < -0.4 is 11.1 Å². The highest BCUT2D eigenvalue weighted by atomic mass is 79.9. The second kappa shape index (κ2) is 7.45. The van der Waals surface area contributed by atoms with Crippen LogP contribution in [-0.2, 0) is 9.53 Å². The number of carbonyl (C=O) groups excluding carboxylic acids is 2. The summed E-state index contributed by atoms with van der Waals surface area (Å²) in [5.41, 5.74) is 6.49. The molecule has 1 aromatic carbocycles. The highest BCUT2D eigenvalue weighted by molar-refractivity contribution is 9.10. The lowest BCUT2D eigenvalue weighted by atomic mass is 9.98. The van der Waals surface area contributed by atoms with Gasteiger partial charge in [0.25, 0.3) is 5.91 Å². The van der Waals surface area contributed by atoms with Gasteiger partial charge in [-0.1, -0.05) is 22.4 Å². The van der Waals surface area contributed by atoms with Gasteiger partial charge in [0.05, 0.1) is 5.56 Å². The summed E-state index contributed by atoms with van der Waals surface area (Å²) in [4.78, 5) is 23.7. The van der Waals surface area contributed by atoms with Crippen molar-refractivity contribution in [1.82, 2.24) is 5.32 Å². The summed E-state index contributed by atoms with van der Waals surface area (Å²) < 4.78 is 6.13. The summed E-state index contributed by atoms with van der Waals surface area (Å²) >= 11 is 3.28. The molecule has 5 nitrogen and oxygen atoms in total. The molecule has 1 saturated carbocycles. The number of nitrogens with two attached hydrogens (primary N) is 1. The standard InChI is InChI=1S/C15H19BrN2O3/c16-10-6-7-12(13(17)8-10)15(20)18-9-14(19)21-11-4-2-1-3-5-11/h6-8,11H,1-5,9,17H2,(H,18,20). The first kappa shape index (κ1) is 15.8. The number of benzene rings is 1. The fourth-order valence-electron chi connectivity index (χ4n) is 2.40. The van der Waals surface area contributed by atoms with Gasteiger partial charge in [-0.15, -0.1) is 0 Å². The Morgan fingerprint density at radius 1 is 1.29 bits per heavy atom. The second-order valence-electron chi connectivity index (χ2n) is 5.16. The Bertz CT molecular complexity index is 528. The molecule has 0 aromatic heterocycles. The van der Waals surface area contributed by atoms with Crippen LogP contribution in [0.1, 0.15) is 42.5 Å². The van der Waals surface area contributed by atoms with E-state index in [0.29, 0.717) is 11.3 Å². The molecule has 0 spiro atoms. The van der Waals surface area contributed by atoms with E-state index < -0.39 is 5.97 Å². The van der Waals surface area contributed by atoms with Crippen LogP contribution in [0, 0.1) is 0 Å². The van der Waals surface area contributed by atoms with Crippen LogP contribution in [0.4, 0.5) is 5.69 Å². The van der Waals surface area contributed by atoms with E-state index in [1.807, 2.05) is 0 Å². The molecule has 0 unspecified atom stereocenters. The second-order valence-corrected chi connectivity index (χ2v) is 6.08. The Hall–Kier alpha value is -1.56. The number of anilines is 1. The molecule has 0 radical (unpaired) electrons. The molecule has 1 aromatic rings. The van der Waals surface area contributed by atoms with Crippen LogP contribution in [0.15, 0.2) is 22.7 Å². The molecule has 0 heterocycles. The van der Waals surface area contributed by atoms with Gasteiger partial charge in [0, 0.05) is 10.2 Å². The van der Waals surface area contributed by atoms with Crippen molar-refractivity contribution < 1.29 is 14.3 Å². The lowest BCUT2D eigenvalue weighted by Crippen LogP contribution is -2.33. The molecule has 2 rings (SSSR count). The van der Waals surface area contributed by atoms with E-state index in [1.165, 1.54) is 6.42 Å². The predicted molar refractivity (Wildman–Crippen MR) is 83.9 cm³/mol. The minimum absolute atomic E-state index is 0.000835. The Morgan fingerprint density at radius 2 is 2.00 bits per heavy atom. The molecular weight excluding hydrogens is 336 g/mol. The summed E-state index contributed by atoms with van der Waals surface area (Å²) in [6.45, 7) is -0.134. The van der Waals surface area contributed by atoms with Gasteiger partial charge in [-0.05, 0) is 43.9 Å². The summed E-state index contributed by atoms with van der Waals surface area (Å²) in [5.74, 6) is -0.772. The Labute approximate surface area is 132 Å². The van der Waals surface area contributed by atoms with Gasteiger partial charge in [0.15, 0.2) is 0 Å². The van der Waals surface area contributed by atoms with Crippen LogP contribution >= 0.6 is 15.9 Å². The summed E-state index contributed by atoms with van der Waals surface area (Å²) in [7, 11) is 0. The van der Waals surface area contributed by atoms with Crippen LogP contribution in [0.25, 0.3) is 0 Å².